The summed E-state index contributed by atoms with van der Waals surface area (Å²) in [7, 11) is -4.27. The van der Waals surface area contributed by atoms with Gasteiger partial charge in [-0.1, -0.05) is 0 Å². The molecule has 0 aliphatic carbocycles. The van der Waals surface area contributed by atoms with Crippen LogP contribution in [0, 0.1) is 0 Å². The van der Waals surface area contributed by atoms with Crippen molar-refractivity contribution in [3.8, 4) is 23.0 Å². The molecule has 0 atom stereocenters. The number of phenols is 3. The zero-order chi connectivity index (χ0) is 14.0. The van der Waals surface area contributed by atoms with Crippen LogP contribution in [0.15, 0.2) is 47.4 Å². The van der Waals surface area contributed by atoms with Gasteiger partial charge in [0, 0.05) is 6.07 Å². The van der Waals surface area contributed by atoms with E-state index in [9.17, 15) is 18.6 Å². The summed E-state index contributed by atoms with van der Waals surface area (Å²) in [5.41, 5.74) is 0. The highest BCUT2D eigenvalue weighted by Crippen LogP contribution is 2.29. The molecule has 0 heterocycles. The lowest BCUT2D eigenvalue weighted by atomic mass is 10.3. The van der Waals surface area contributed by atoms with E-state index in [-0.39, 0.29) is 17.2 Å². The van der Waals surface area contributed by atoms with Crippen molar-refractivity contribution in [2.24, 2.45) is 0 Å². The average molecular weight is 282 g/mol. The van der Waals surface area contributed by atoms with Crippen LogP contribution >= 0.6 is 0 Å². The molecule has 0 amide bonds. The van der Waals surface area contributed by atoms with Crippen molar-refractivity contribution in [1.82, 2.24) is 0 Å². The lowest BCUT2D eigenvalue weighted by Gasteiger charge is -2.08. The topological polar surface area (TPSA) is 104 Å². The Labute approximate surface area is 109 Å². The molecule has 0 aliphatic heterocycles. The van der Waals surface area contributed by atoms with Crippen LogP contribution in [0.1, 0.15) is 0 Å². The summed E-state index contributed by atoms with van der Waals surface area (Å²) < 4.78 is 28.6. The summed E-state index contributed by atoms with van der Waals surface area (Å²) >= 11 is 0. The Morgan fingerprint density at radius 2 is 1.42 bits per heavy atom. The van der Waals surface area contributed by atoms with Gasteiger partial charge in [-0.05, 0) is 36.4 Å². The third-order valence-electron chi connectivity index (χ3n) is 2.26. The second kappa shape index (κ2) is 4.69. The Morgan fingerprint density at radius 3 is 2.05 bits per heavy atom. The van der Waals surface area contributed by atoms with Gasteiger partial charge < -0.3 is 19.5 Å². The zero-order valence-corrected chi connectivity index (χ0v) is 10.3. The van der Waals surface area contributed by atoms with Gasteiger partial charge in [0.25, 0.3) is 0 Å². The van der Waals surface area contributed by atoms with Gasteiger partial charge in [-0.15, -0.1) is 0 Å². The van der Waals surface area contributed by atoms with E-state index in [4.69, 9.17) is 9.29 Å². The molecule has 0 saturated heterocycles. The number of aromatic hydroxyl groups is 3. The van der Waals surface area contributed by atoms with E-state index in [2.05, 4.69) is 0 Å². The first kappa shape index (κ1) is 13.0. The number of rotatable bonds is 3. The van der Waals surface area contributed by atoms with Crippen LogP contribution in [0.5, 0.6) is 23.0 Å². The minimum absolute atomic E-state index is 0.0273. The van der Waals surface area contributed by atoms with Crippen LogP contribution in [0.2, 0.25) is 0 Å². The SMILES string of the molecule is O=S(=O)(Oc1ccc(O)cc1)c1cc(O)ccc1O. The molecule has 6 nitrogen and oxygen atoms in total. The van der Waals surface area contributed by atoms with E-state index in [1.807, 2.05) is 0 Å². The van der Waals surface area contributed by atoms with Crippen LogP contribution in [0.3, 0.4) is 0 Å². The van der Waals surface area contributed by atoms with E-state index in [0.29, 0.717) is 0 Å². The van der Waals surface area contributed by atoms with Crippen LogP contribution in [0.25, 0.3) is 0 Å². The maximum atomic E-state index is 11.9. The fourth-order valence-corrected chi connectivity index (χ4v) is 2.42. The third-order valence-corrected chi connectivity index (χ3v) is 3.53. The van der Waals surface area contributed by atoms with Gasteiger partial charge in [0.2, 0.25) is 0 Å². The van der Waals surface area contributed by atoms with Crippen molar-refractivity contribution in [1.29, 1.82) is 0 Å². The number of benzene rings is 2. The van der Waals surface area contributed by atoms with Crippen molar-refractivity contribution < 1.29 is 27.9 Å². The first-order valence-corrected chi connectivity index (χ1v) is 6.55. The molecule has 0 bridgehead atoms. The monoisotopic (exact) mass is 282 g/mol. The van der Waals surface area contributed by atoms with Gasteiger partial charge in [-0.25, -0.2) is 0 Å². The average Bonchev–Trinajstić information content (AvgIpc) is 2.35. The molecule has 0 unspecified atom stereocenters. The molecule has 7 heteroatoms. The Morgan fingerprint density at radius 1 is 0.842 bits per heavy atom. The summed E-state index contributed by atoms with van der Waals surface area (Å²) in [5, 5.41) is 27.8. The minimum Gasteiger partial charge on any atom is -0.508 e. The number of phenolic OH excluding ortho intramolecular Hbond substituents is 3. The summed E-state index contributed by atoms with van der Waals surface area (Å²) in [6, 6.07) is 8.10. The first-order valence-electron chi connectivity index (χ1n) is 5.14. The van der Waals surface area contributed by atoms with Gasteiger partial charge in [-0.2, -0.15) is 8.42 Å². The molecule has 2 aromatic carbocycles. The highest BCUT2D eigenvalue weighted by atomic mass is 32.2. The molecule has 0 fully saturated rings. The number of hydrogen-bond acceptors (Lipinski definition) is 6. The Balaban J connectivity index is 2.37. The van der Waals surface area contributed by atoms with Crippen LogP contribution in [-0.2, 0) is 10.1 Å². The first-order chi connectivity index (χ1) is 8.88. The van der Waals surface area contributed by atoms with Gasteiger partial charge in [0.1, 0.15) is 23.0 Å². The third kappa shape index (κ3) is 2.89. The normalized spacial score (nSPS) is 11.2. The maximum absolute atomic E-state index is 11.9. The largest absolute Gasteiger partial charge is 0.508 e. The van der Waals surface area contributed by atoms with Crippen molar-refractivity contribution in [2.45, 2.75) is 4.90 Å². The fourth-order valence-electron chi connectivity index (χ4n) is 1.38. The maximum Gasteiger partial charge on any atom is 0.343 e. The molecule has 0 aliphatic rings. The van der Waals surface area contributed by atoms with Crippen LogP contribution in [0.4, 0.5) is 0 Å². The minimum atomic E-state index is -4.27. The van der Waals surface area contributed by atoms with E-state index in [1.54, 1.807) is 0 Å². The zero-order valence-electron chi connectivity index (χ0n) is 9.52. The predicted molar refractivity (Wildman–Crippen MR) is 65.7 cm³/mol. The van der Waals surface area contributed by atoms with Crippen LogP contribution < -0.4 is 4.18 Å². The number of hydrogen-bond donors (Lipinski definition) is 3. The Kier molecular flexibility index (Phi) is 3.22. The second-order valence-electron chi connectivity index (χ2n) is 3.68. The molecule has 0 radical (unpaired) electrons. The van der Waals surface area contributed by atoms with E-state index < -0.39 is 20.8 Å². The molecular formula is C12H10O6S. The smallest absolute Gasteiger partial charge is 0.343 e. The molecule has 0 spiro atoms. The van der Waals surface area contributed by atoms with Gasteiger partial charge >= 0.3 is 10.1 Å². The molecule has 0 saturated carbocycles. The van der Waals surface area contributed by atoms with Gasteiger partial charge in [0.15, 0.2) is 4.90 Å². The van der Waals surface area contributed by atoms with E-state index in [1.165, 1.54) is 24.3 Å². The molecular weight excluding hydrogens is 272 g/mol. The van der Waals surface area contributed by atoms with Crippen molar-refractivity contribution in [2.75, 3.05) is 0 Å². The predicted octanol–water partition coefficient (Wildman–Crippen LogP) is 1.57. The van der Waals surface area contributed by atoms with E-state index >= 15 is 0 Å². The highest BCUT2D eigenvalue weighted by molar-refractivity contribution is 7.87. The van der Waals surface area contributed by atoms with Gasteiger partial charge in [0.05, 0.1) is 0 Å². The molecule has 2 rings (SSSR count). The standard InChI is InChI=1S/C12H10O6S/c13-8-1-4-10(5-2-8)18-19(16,17)12-7-9(14)3-6-11(12)15/h1-7,13-15H. The van der Waals surface area contributed by atoms with E-state index in [0.717, 1.165) is 18.2 Å². The summed E-state index contributed by atoms with van der Waals surface area (Å²) in [4.78, 5) is -0.541. The molecule has 100 valence electrons. The fraction of sp³-hybridized carbons (Fsp3) is 0. The lowest BCUT2D eigenvalue weighted by molar-refractivity contribution is 0.434. The molecule has 2 aromatic rings. The summed E-state index contributed by atoms with van der Waals surface area (Å²) in [6.45, 7) is 0. The van der Waals surface area contributed by atoms with Crippen molar-refractivity contribution in [3.05, 3.63) is 42.5 Å². The second-order valence-corrected chi connectivity index (χ2v) is 5.20. The molecule has 0 aromatic heterocycles. The molecule has 19 heavy (non-hydrogen) atoms. The highest BCUT2D eigenvalue weighted by Gasteiger charge is 2.21. The van der Waals surface area contributed by atoms with Crippen molar-refractivity contribution in [3.63, 3.8) is 0 Å². The van der Waals surface area contributed by atoms with Gasteiger partial charge in [-0.3, -0.25) is 0 Å². The lowest BCUT2D eigenvalue weighted by Crippen LogP contribution is -2.09. The Hall–Kier alpha value is -2.41. The van der Waals surface area contributed by atoms with Crippen molar-refractivity contribution >= 4 is 10.1 Å². The molecule has 3 N–H and O–H groups in total. The quantitative estimate of drug-likeness (QED) is 0.583. The van der Waals surface area contributed by atoms with Crippen LogP contribution in [-0.4, -0.2) is 23.7 Å². The Bertz CT molecular complexity index is 691. The summed E-state index contributed by atoms with van der Waals surface area (Å²) in [5.74, 6) is -0.909. The summed E-state index contributed by atoms with van der Waals surface area (Å²) in [6.07, 6.45) is 0.